The lowest BCUT2D eigenvalue weighted by Crippen LogP contribution is -2.33. The number of carbonyl (C=O) groups excluding carboxylic acids is 2. The second-order valence-corrected chi connectivity index (χ2v) is 5.07. The number of hydrogen-bond donors (Lipinski definition) is 1. The Labute approximate surface area is 120 Å². The number of amides is 1. The SMILES string of the molecule is CCc1ccc(C2C(=O)Nc3cc(Cl)ccc3C2=O)o1. The standard InChI is InChI=1S/C15H12ClNO3/c1-2-9-4-6-12(20-9)13-14(18)10-5-3-8(16)7-11(10)17-15(13)19/h3-7,13H,2H2,1H3,(H,17,19). The predicted molar refractivity (Wildman–Crippen MR) is 75.2 cm³/mol. The lowest BCUT2D eigenvalue weighted by molar-refractivity contribution is -0.117. The molecular weight excluding hydrogens is 278 g/mol. The quantitative estimate of drug-likeness (QED) is 0.862. The van der Waals surface area contributed by atoms with Gasteiger partial charge in [-0.05, 0) is 30.3 Å². The van der Waals surface area contributed by atoms with E-state index < -0.39 is 5.92 Å². The van der Waals surface area contributed by atoms with Gasteiger partial charge >= 0.3 is 0 Å². The van der Waals surface area contributed by atoms with E-state index in [0.717, 1.165) is 5.76 Å². The minimum absolute atomic E-state index is 0.266. The fraction of sp³-hybridized carbons (Fsp3) is 0.200. The van der Waals surface area contributed by atoms with Gasteiger partial charge in [-0.25, -0.2) is 0 Å². The molecule has 0 saturated heterocycles. The van der Waals surface area contributed by atoms with Gasteiger partial charge < -0.3 is 9.73 Å². The van der Waals surface area contributed by atoms with Crippen molar-refractivity contribution in [2.75, 3.05) is 5.32 Å². The highest BCUT2D eigenvalue weighted by molar-refractivity contribution is 6.32. The zero-order chi connectivity index (χ0) is 14.3. The van der Waals surface area contributed by atoms with Gasteiger partial charge in [0.05, 0.1) is 5.69 Å². The van der Waals surface area contributed by atoms with Gasteiger partial charge in [-0.2, -0.15) is 0 Å². The summed E-state index contributed by atoms with van der Waals surface area (Å²) in [5.74, 6) is -0.449. The Balaban J connectivity index is 2.04. The number of nitrogens with one attached hydrogen (secondary N) is 1. The van der Waals surface area contributed by atoms with Crippen LogP contribution in [0, 0.1) is 0 Å². The number of anilines is 1. The predicted octanol–water partition coefficient (Wildman–Crippen LogP) is 3.41. The molecule has 0 fully saturated rings. The second kappa shape index (κ2) is 4.80. The van der Waals surface area contributed by atoms with Gasteiger partial charge in [0.25, 0.3) is 0 Å². The van der Waals surface area contributed by atoms with E-state index in [0.29, 0.717) is 28.5 Å². The van der Waals surface area contributed by atoms with E-state index in [1.54, 1.807) is 30.3 Å². The molecule has 1 amide bonds. The lowest BCUT2D eigenvalue weighted by Gasteiger charge is -2.22. The third-order valence-electron chi connectivity index (χ3n) is 3.34. The number of fused-ring (bicyclic) bond motifs is 1. The first-order valence-electron chi connectivity index (χ1n) is 6.33. The Morgan fingerprint density at radius 1 is 1.25 bits per heavy atom. The first-order valence-corrected chi connectivity index (χ1v) is 6.71. The number of ketones is 1. The Bertz CT molecular complexity index is 705. The van der Waals surface area contributed by atoms with Crippen molar-refractivity contribution in [2.45, 2.75) is 19.3 Å². The third kappa shape index (κ3) is 2.02. The van der Waals surface area contributed by atoms with Gasteiger partial charge in [0.1, 0.15) is 11.5 Å². The topological polar surface area (TPSA) is 59.3 Å². The van der Waals surface area contributed by atoms with E-state index in [1.165, 1.54) is 0 Å². The van der Waals surface area contributed by atoms with Gasteiger partial charge in [0.2, 0.25) is 5.91 Å². The molecule has 2 heterocycles. The second-order valence-electron chi connectivity index (χ2n) is 4.63. The van der Waals surface area contributed by atoms with Crippen LogP contribution in [0.5, 0.6) is 0 Å². The number of aryl methyl sites for hydroxylation is 1. The molecule has 0 saturated carbocycles. The summed E-state index contributed by atoms with van der Waals surface area (Å²) in [6, 6.07) is 8.29. The van der Waals surface area contributed by atoms with Crippen LogP contribution in [-0.2, 0) is 11.2 Å². The maximum absolute atomic E-state index is 12.5. The number of benzene rings is 1. The highest BCUT2D eigenvalue weighted by Crippen LogP contribution is 2.33. The molecule has 1 unspecified atom stereocenters. The van der Waals surface area contributed by atoms with Crippen molar-refractivity contribution in [2.24, 2.45) is 0 Å². The summed E-state index contributed by atoms with van der Waals surface area (Å²) in [6.45, 7) is 1.95. The number of rotatable bonds is 2. The molecule has 1 aromatic heterocycles. The van der Waals surface area contributed by atoms with Crippen LogP contribution in [0.25, 0.3) is 0 Å². The summed E-state index contributed by atoms with van der Waals surface area (Å²) in [4.78, 5) is 24.6. The number of Topliss-reactive ketones (excluding diaryl/α,β-unsaturated/α-hetero) is 1. The van der Waals surface area contributed by atoms with Crippen LogP contribution in [0.4, 0.5) is 5.69 Å². The van der Waals surface area contributed by atoms with E-state index in [2.05, 4.69) is 5.32 Å². The molecule has 0 aliphatic carbocycles. The van der Waals surface area contributed by atoms with Crippen LogP contribution < -0.4 is 5.32 Å². The monoisotopic (exact) mass is 289 g/mol. The summed E-state index contributed by atoms with van der Waals surface area (Å²) in [5, 5.41) is 3.18. The highest BCUT2D eigenvalue weighted by atomic mass is 35.5. The molecule has 0 bridgehead atoms. The van der Waals surface area contributed by atoms with Crippen LogP contribution in [0.15, 0.2) is 34.7 Å². The van der Waals surface area contributed by atoms with Crippen LogP contribution in [-0.4, -0.2) is 11.7 Å². The smallest absolute Gasteiger partial charge is 0.243 e. The van der Waals surface area contributed by atoms with Crippen molar-refractivity contribution in [3.8, 4) is 0 Å². The number of furan rings is 1. The number of halogens is 1. The number of hydrogen-bond acceptors (Lipinski definition) is 3. The molecule has 0 spiro atoms. The minimum Gasteiger partial charge on any atom is -0.465 e. The van der Waals surface area contributed by atoms with E-state index in [1.807, 2.05) is 6.92 Å². The molecule has 1 atom stereocenters. The molecule has 1 aliphatic rings. The summed E-state index contributed by atoms with van der Waals surface area (Å²) < 4.78 is 5.54. The molecule has 20 heavy (non-hydrogen) atoms. The van der Waals surface area contributed by atoms with Crippen molar-refractivity contribution in [3.63, 3.8) is 0 Å². The molecule has 0 radical (unpaired) electrons. The van der Waals surface area contributed by atoms with Gasteiger partial charge in [-0.1, -0.05) is 18.5 Å². The van der Waals surface area contributed by atoms with E-state index in [-0.39, 0.29) is 11.7 Å². The summed E-state index contributed by atoms with van der Waals surface area (Å²) in [6.07, 6.45) is 0.717. The fourth-order valence-corrected chi connectivity index (χ4v) is 2.48. The first kappa shape index (κ1) is 12.9. The van der Waals surface area contributed by atoms with Crippen LogP contribution in [0.3, 0.4) is 0 Å². The summed E-state index contributed by atoms with van der Waals surface area (Å²) in [7, 11) is 0. The van der Waals surface area contributed by atoms with Crippen LogP contribution >= 0.6 is 11.6 Å². The number of carbonyl (C=O) groups is 2. The van der Waals surface area contributed by atoms with Gasteiger partial charge in [-0.15, -0.1) is 0 Å². The van der Waals surface area contributed by atoms with E-state index in [4.69, 9.17) is 16.0 Å². The maximum atomic E-state index is 12.5. The molecule has 5 heteroatoms. The van der Waals surface area contributed by atoms with Crippen LogP contribution in [0.1, 0.15) is 34.7 Å². The Morgan fingerprint density at radius 3 is 2.75 bits per heavy atom. The molecule has 1 N–H and O–H groups in total. The summed E-state index contributed by atoms with van der Waals surface area (Å²) in [5.41, 5.74) is 0.902. The molecule has 1 aromatic carbocycles. The molecule has 2 aromatic rings. The Morgan fingerprint density at radius 2 is 2.05 bits per heavy atom. The van der Waals surface area contributed by atoms with E-state index in [9.17, 15) is 9.59 Å². The Hall–Kier alpha value is -2.07. The van der Waals surface area contributed by atoms with Crippen molar-refractivity contribution < 1.29 is 14.0 Å². The van der Waals surface area contributed by atoms with Crippen molar-refractivity contribution in [1.82, 2.24) is 0 Å². The van der Waals surface area contributed by atoms with Crippen molar-refractivity contribution in [1.29, 1.82) is 0 Å². The third-order valence-corrected chi connectivity index (χ3v) is 3.58. The molecule has 3 rings (SSSR count). The lowest BCUT2D eigenvalue weighted by atomic mass is 9.90. The molecule has 4 nitrogen and oxygen atoms in total. The Kier molecular flexibility index (Phi) is 3.10. The summed E-state index contributed by atoms with van der Waals surface area (Å²) >= 11 is 5.87. The fourth-order valence-electron chi connectivity index (χ4n) is 2.31. The van der Waals surface area contributed by atoms with Crippen molar-refractivity contribution in [3.05, 3.63) is 52.4 Å². The normalized spacial score (nSPS) is 17.8. The minimum atomic E-state index is -0.927. The van der Waals surface area contributed by atoms with Crippen molar-refractivity contribution >= 4 is 29.0 Å². The van der Waals surface area contributed by atoms with E-state index >= 15 is 0 Å². The maximum Gasteiger partial charge on any atom is 0.243 e. The molecule has 1 aliphatic heterocycles. The largest absolute Gasteiger partial charge is 0.465 e. The zero-order valence-corrected chi connectivity index (χ0v) is 11.5. The molecule has 102 valence electrons. The molecular formula is C15H12ClNO3. The first-order chi connectivity index (χ1) is 9.60. The highest BCUT2D eigenvalue weighted by Gasteiger charge is 2.37. The zero-order valence-electron chi connectivity index (χ0n) is 10.8. The average Bonchev–Trinajstić information content (AvgIpc) is 2.86. The van der Waals surface area contributed by atoms with Gasteiger partial charge in [0.15, 0.2) is 11.7 Å². The van der Waals surface area contributed by atoms with Crippen LogP contribution in [0.2, 0.25) is 5.02 Å². The van der Waals surface area contributed by atoms with Gasteiger partial charge in [0, 0.05) is 17.0 Å². The van der Waals surface area contributed by atoms with Gasteiger partial charge in [-0.3, -0.25) is 9.59 Å². The average molecular weight is 290 g/mol.